The standard InChI is InChI=1S/C25H28O10/c1-30-18-12-16(6-8-22(26)27)13-19(31-2)24(18)34-10-5-11-35-25-20(32-3)14-17(7-9-23(28)29)15-21(25)33-4/h6-9,12-15H,5,10-11H2,1-4H3,(H,26,27)(H,28,29). The van der Waals surface area contributed by atoms with E-state index >= 15 is 0 Å². The van der Waals surface area contributed by atoms with Gasteiger partial charge in [-0.25, -0.2) is 9.59 Å². The highest BCUT2D eigenvalue weighted by Crippen LogP contribution is 2.40. The van der Waals surface area contributed by atoms with Crippen LogP contribution in [0, 0.1) is 0 Å². The Balaban J connectivity index is 2.07. The number of aliphatic carboxylic acids is 2. The molecule has 0 aromatic heterocycles. The molecule has 0 spiro atoms. The van der Waals surface area contributed by atoms with Crippen molar-refractivity contribution >= 4 is 24.1 Å². The summed E-state index contributed by atoms with van der Waals surface area (Å²) in [6.07, 6.45) is 5.37. The van der Waals surface area contributed by atoms with E-state index in [9.17, 15) is 9.59 Å². The predicted octanol–water partition coefficient (Wildman–Crippen LogP) is 3.76. The lowest BCUT2D eigenvalue weighted by Gasteiger charge is -2.17. The van der Waals surface area contributed by atoms with Crippen molar-refractivity contribution in [2.45, 2.75) is 6.42 Å². The number of hydrogen-bond acceptors (Lipinski definition) is 8. The van der Waals surface area contributed by atoms with Gasteiger partial charge in [0, 0.05) is 18.6 Å². The van der Waals surface area contributed by atoms with Crippen LogP contribution in [0.3, 0.4) is 0 Å². The van der Waals surface area contributed by atoms with E-state index in [4.69, 9.17) is 38.6 Å². The summed E-state index contributed by atoms with van der Waals surface area (Å²) in [5.74, 6) is 0.199. The molecule has 0 unspecified atom stereocenters. The molecule has 0 heterocycles. The van der Waals surface area contributed by atoms with Crippen molar-refractivity contribution in [3.05, 3.63) is 47.5 Å². The van der Waals surface area contributed by atoms with Crippen LogP contribution in [-0.2, 0) is 9.59 Å². The van der Waals surface area contributed by atoms with Crippen LogP contribution < -0.4 is 28.4 Å². The Morgan fingerprint density at radius 1 is 0.657 bits per heavy atom. The third-order valence-electron chi connectivity index (χ3n) is 4.58. The maximum absolute atomic E-state index is 10.8. The Kier molecular flexibility index (Phi) is 10.3. The van der Waals surface area contributed by atoms with Crippen LogP contribution in [-0.4, -0.2) is 63.8 Å². The molecule has 0 saturated carbocycles. The molecule has 2 aromatic carbocycles. The number of ether oxygens (including phenoxy) is 6. The first kappa shape index (κ1) is 26.9. The normalized spacial score (nSPS) is 10.9. The average Bonchev–Trinajstić information content (AvgIpc) is 2.85. The summed E-state index contributed by atoms with van der Waals surface area (Å²) in [4.78, 5) is 21.6. The zero-order valence-corrected chi connectivity index (χ0v) is 19.9. The van der Waals surface area contributed by atoms with Crippen molar-refractivity contribution < 1.29 is 48.2 Å². The quantitative estimate of drug-likeness (QED) is 0.299. The highest BCUT2D eigenvalue weighted by atomic mass is 16.5. The molecule has 0 aliphatic carbocycles. The smallest absolute Gasteiger partial charge is 0.328 e. The lowest BCUT2D eigenvalue weighted by Crippen LogP contribution is -2.08. The molecular formula is C25H28O10. The predicted molar refractivity (Wildman–Crippen MR) is 128 cm³/mol. The minimum Gasteiger partial charge on any atom is -0.493 e. The van der Waals surface area contributed by atoms with Gasteiger partial charge in [-0.3, -0.25) is 0 Å². The molecular weight excluding hydrogens is 460 g/mol. The molecule has 0 aliphatic rings. The van der Waals surface area contributed by atoms with Gasteiger partial charge in [-0.05, 0) is 47.5 Å². The largest absolute Gasteiger partial charge is 0.493 e. The van der Waals surface area contributed by atoms with Crippen LogP contribution in [0.5, 0.6) is 34.5 Å². The van der Waals surface area contributed by atoms with Gasteiger partial charge in [0.15, 0.2) is 23.0 Å². The fourth-order valence-corrected chi connectivity index (χ4v) is 3.02. The molecule has 0 radical (unpaired) electrons. The fourth-order valence-electron chi connectivity index (χ4n) is 3.02. The van der Waals surface area contributed by atoms with Crippen LogP contribution in [0.4, 0.5) is 0 Å². The highest BCUT2D eigenvalue weighted by molar-refractivity contribution is 5.86. The molecule has 188 valence electrons. The van der Waals surface area contributed by atoms with E-state index < -0.39 is 11.9 Å². The highest BCUT2D eigenvalue weighted by Gasteiger charge is 2.16. The molecule has 2 rings (SSSR count). The topological polar surface area (TPSA) is 130 Å². The number of rotatable bonds is 14. The fraction of sp³-hybridized carbons (Fsp3) is 0.280. The van der Waals surface area contributed by atoms with Crippen molar-refractivity contribution in [3.8, 4) is 34.5 Å². The number of carboxylic acids is 2. The number of hydrogen-bond donors (Lipinski definition) is 2. The van der Waals surface area contributed by atoms with Crippen molar-refractivity contribution in [2.24, 2.45) is 0 Å². The third-order valence-corrected chi connectivity index (χ3v) is 4.58. The molecule has 0 saturated heterocycles. The van der Waals surface area contributed by atoms with Gasteiger partial charge in [0.2, 0.25) is 11.5 Å². The summed E-state index contributed by atoms with van der Waals surface area (Å²) in [5.41, 5.74) is 1.16. The second-order valence-electron chi connectivity index (χ2n) is 6.90. The van der Waals surface area contributed by atoms with Gasteiger partial charge in [0.25, 0.3) is 0 Å². The maximum atomic E-state index is 10.8. The van der Waals surface area contributed by atoms with E-state index in [0.717, 1.165) is 12.2 Å². The lowest BCUT2D eigenvalue weighted by atomic mass is 10.1. The van der Waals surface area contributed by atoms with E-state index in [0.29, 0.717) is 52.0 Å². The first-order valence-corrected chi connectivity index (χ1v) is 10.4. The van der Waals surface area contributed by atoms with Crippen molar-refractivity contribution in [3.63, 3.8) is 0 Å². The summed E-state index contributed by atoms with van der Waals surface area (Å²) in [5, 5.41) is 17.7. The van der Waals surface area contributed by atoms with E-state index in [1.54, 1.807) is 24.3 Å². The van der Waals surface area contributed by atoms with E-state index in [-0.39, 0.29) is 13.2 Å². The minimum absolute atomic E-state index is 0.265. The van der Waals surface area contributed by atoms with Gasteiger partial charge >= 0.3 is 11.9 Å². The van der Waals surface area contributed by atoms with Crippen LogP contribution in [0.1, 0.15) is 17.5 Å². The summed E-state index contributed by atoms with van der Waals surface area (Å²) >= 11 is 0. The molecule has 2 aromatic rings. The van der Waals surface area contributed by atoms with Crippen LogP contribution in [0.15, 0.2) is 36.4 Å². The molecule has 35 heavy (non-hydrogen) atoms. The van der Waals surface area contributed by atoms with Gasteiger partial charge < -0.3 is 38.6 Å². The Morgan fingerprint density at radius 3 is 1.23 bits per heavy atom. The SMILES string of the molecule is COc1cc(C=CC(=O)O)cc(OC)c1OCCCOc1c(OC)cc(C=CC(=O)O)cc1OC. The number of carbonyl (C=O) groups is 2. The Morgan fingerprint density at radius 2 is 0.971 bits per heavy atom. The van der Waals surface area contributed by atoms with Crippen molar-refractivity contribution in [2.75, 3.05) is 41.7 Å². The van der Waals surface area contributed by atoms with Crippen molar-refractivity contribution in [1.29, 1.82) is 0 Å². The molecule has 10 nitrogen and oxygen atoms in total. The molecule has 0 bridgehead atoms. The second kappa shape index (κ2) is 13.4. The Bertz CT molecular complexity index is 952. The first-order valence-electron chi connectivity index (χ1n) is 10.4. The molecule has 0 fully saturated rings. The second-order valence-corrected chi connectivity index (χ2v) is 6.90. The molecule has 0 atom stereocenters. The third kappa shape index (κ3) is 7.88. The van der Waals surface area contributed by atoms with Gasteiger partial charge in [-0.15, -0.1) is 0 Å². The van der Waals surface area contributed by atoms with Gasteiger partial charge in [-0.2, -0.15) is 0 Å². The molecule has 0 aliphatic heterocycles. The van der Waals surface area contributed by atoms with E-state index in [2.05, 4.69) is 0 Å². The number of benzene rings is 2. The number of methoxy groups -OCH3 is 4. The van der Waals surface area contributed by atoms with Gasteiger partial charge in [0.1, 0.15) is 0 Å². The van der Waals surface area contributed by atoms with Crippen LogP contribution in [0.25, 0.3) is 12.2 Å². The number of carboxylic acid groups (broad SMARTS) is 2. The summed E-state index contributed by atoms with van der Waals surface area (Å²) in [6, 6.07) is 6.57. The Labute approximate surface area is 202 Å². The van der Waals surface area contributed by atoms with Crippen LogP contribution in [0.2, 0.25) is 0 Å². The van der Waals surface area contributed by atoms with Gasteiger partial charge in [0.05, 0.1) is 41.7 Å². The van der Waals surface area contributed by atoms with Gasteiger partial charge in [-0.1, -0.05) is 0 Å². The first-order chi connectivity index (χ1) is 16.8. The summed E-state index contributed by atoms with van der Waals surface area (Å²) in [6.45, 7) is 0.530. The van der Waals surface area contributed by atoms with E-state index in [1.165, 1.54) is 40.6 Å². The summed E-state index contributed by atoms with van der Waals surface area (Å²) < 4.78 is 33.2. The minimum atomic E-state index is -1.07. The zero-order valence-electron chi connectivity index (χ0n) is 19.9. The van der Waals surface area contributed by atoms with Crippen molar-refractivity contribution in [1.82, 2.24) is 0 Å². The monoisotopic (exact) mass is 488 g/mol. The maximum Gasteiger partial charge on any atom is 0.328 e. The zero-order chi connectivity index (χ0) is 25.8. The molecule has 10 heteroatoms. The van der Waals surface area contributed by atoms with E-state index in [1.807, 2.05) is 0 Å². The molecule has 2 N–H and O–H groups in total. The summed E-state index contributed by atoms with van der Waals surface area (Å²) in [7, 11) is 5.90. The Hall–Kier alpha value is -4.34. The van der Waals surface area contributed by atoms with Crippen LogP contribution >= 0.6 is 0 Å². The lowest BCUT2D eigenvalue weighted by molar-refractivity contribution is -0.132. The average molecular weight is 488 g/mol. The molecule has 0 amide bonds.